The van der Waals surface area contributed by atoms with Crippen molar-refractivity contribution < 1.29 is 14.6 Å². The van der Waals surface area contributed by atoms with Gasteiger partial charge >= 0.3 is 5.97 Å². The molecule has 0 radical (unpaired) electrons. The van der Waals surface area contributed by atoms with Crippen molar-refractivity contribution in [2.45, 2.75) is 12.8 Å². The Morgan fingerprint density at radius 1 is 1.17 bits per heavy atom. The number of fused-ring (bicyclic) bond motifs is 1. The monoisotopic (exact) mass is 324 g/mol. The van der Waals surface area contributed by atoms with Crippen LogP contribution in [0.5, 0.6) is 0 Å². The van der Waals surface area contributed by atoms with E-state index in [4.69, 9.17) is 4.74 Å². The van der Waals surface area contributed by atoms with Crippen molar-refractivity contribution in [1.29, 1.82) is 0 Å². The predicted molar refractivity (Wildman–Crippen MR) is 91.2 cm³/mol. The zero-order valence-electron chi connectivity index (χ0n) is 13.4. The maximum atomic E-state index is 11.2. The molecular weight excluding hydrogens is 304 g/mol. The Labute approximate surface area is 140 Å². The van der Waals surface area contributed by atoms with Gasteiger partial charge in [0.25, 0.3) is 0 Å². The number of anilines is 1. The smallest absolute Gasteiger partial charge is 0.307 e. The number of aliphatic carboxylic acids is 1. The lowest BCUT2D eigenvalue weighted by Crippen LogP contribution is -2.36. The van der Waals surface area contributed by atoms with Gasteiger partial charge in [-0.2, -0.15) is 0 Å². The zero-order chi connectivity index (χ0) is 16.5. The van der Waals surface area contributed by atoms with Gasteiger partial charge in [0.05, 0.1) is 19.1 Å². The average molecular weight is 324 g/mol. The van der Waals surface area contributed by atoms with E-state index in [0.29, 0.717) is 12.8 Å². The number of rotatable bonds is 3. The highest BCUT2D eigenvalue weighted by atomic mass is 16.5. The highest BCUT2D eigenvalue weighted by molar-refractivity contribution is 5.73. The summed E-state index contributed by atoms with van der Waals surface area (Å²) >= 11 is 0. The molecule has 24 heavy (non-hydrogen) atoms. The molecule has 1 aliphatic carbocycles. The van der Waals surface area contributed by atoms with E-state index in [1.54, 1.807) is 0 Å². The van der Waals surface area contributed by atoms with Crippen LogP contribution < -0.4 is 4.90 Å². The number of ether oxygens (including phenoxy) is 1. The van der Waals surface area contributed by atoms with Crippen LogP contribution in [0.2, 0.25) is 0 Å². The number of aromatic nitrogens is 1. The number of morpholine rings is 1. The Kier molecular flexibility index (Phi) is 3.94. The largest absolute Gasteiger partial charge is 0.481 e. The zero-order valence-corrected chi connectivity index (χ0v) is 13.4. The molecule has 1 N–H and O–H groups in total. The Morgan fingerprint density at radius 2 is 2.00 bits per heavy atom. The standard InChI is InChI=1S/C19H20N2O3/c22-19(23)15-8-14-9-16(12-20-18(14)11-15)13-2-1-3-17(10-13)21-4-6-24-7-5-21/h1-3,9-10,12,15H,4-8,11H2,(H,22,23). The maximum Gasteiger partial charge on any atom is 0.307 e. The fourth-order valence-corrected chi connectivity index (χ4v) is 3.51. The van der Waals surface area contributed by atoms with E-state index < -0.39 is 5.97 Å². The molecule has 0 saturated carbocycles. The third-order valence-corrected chi connectivity index (χ3v) is 4.87. The molecule has 0 amide bonds. The molecule has 2 aromatic rings. The maximum absolute atomic E-state index is 11.2. The second-order valence-electron chi connectivity index (χ2n) is 6.42. The molecule has 1 aliphatic heterocycles. The number of carboxylic acid groups (broad SMARTS) is 1. The van der Waals surface area contributed by atoms with Gasteiger partial charge in [0.1, 0.15) is 0 Å². The van der Waals surface area contributed by atoms with Gasteiger partial charge in [0.15, 0.2) is 0 Å². The predicted octanol–water partition coefficient (Wildman–Crippen LogP) is 2.38. The summed E-state index contributed by atoms with van der Waals surface area (Å²) in [4.78, 5) is 18.0. The lowest BCUT2D eigenvalue weighted by Gasteiger charge is -2.29. The summed E-state index contributed by atoms with van der Waals surface area (Å²) in [6, 6.07) is 10.5. The topological polar surface area (TPSA) is 62.7 Å². The molecule has 124 valence electrons. The molecular formula is C19H20N2O3. The van der Waals surface area contributed by atoms with Crippen molar-refractivity contribution >= 4 is 11.7 Å². The summed E-state index contributed by atoms with van der Waals surface area (Å²) in [6.45, 7) is 3.35. The molecule has 1 saturated heterocycles. The Morgan fingerprint density at radius 3 is 2.79 bits per heavy atom. The number of hydrogen-bond acceptors (Lipinski definition) is 4. The van der Waals surface area contributed by atoms with E-state index >= 15 is 0 Å². The summed E-state index contributed by atoms with van der Waals surface area (Å²) in [5, 5.41) is 9.21. The number of pyridine rings is 1. The fourth-order valence-electron chi connectivity index (χ4n) is 3.51. The van der Waals surface area contributed by atoms with Crippen molar-refractivity contribution in [2.75, 3.05) is 31.2 Å². The first kappa shape index (κ1) is 15.1. The molecule has 1 aromatic carbocycles. The van der Waals surface area contributed by atoms with Gasteiger partial charge < -0.3 is 14.7 Å². The second-order valence-corrected chi connectivity index (χ2v) is 6.42. The van der Waals surface area contributed by atoms with Gasteiger partial charge in [-0.3, -0.25) is 9.78 Å². The van der Waals surface area contributed by atoms with Crippen molar-refractivity contribution in [3.8, 4) is 11.1 Å². The highest BCUT2D eigenvalue weighted by Gasteiger charge is 2.28. The minimum absolute atomic E-state index is 0.331. The highest BCUT2D eigenvalue weighted by Crippen LogP contribution is 2.31. The van der Waals surface area contributed by atoms with Crippen LogP contribution in [0.4, 0.5) is 5.69 Å². The molecule has 4 rings (SSSR count). The minimum atomic E-state index is -0.733. The Hall–Kier alpha value is -2.40. The third kappa shape index (κ3) is 2.87. The van der Waals surface area contributed by atoms with Crippen LogP contribution in [-0.4, -0.2) is 42.4 Å². The molecule has 1 aromatic heterocycles. The SMILES string of the molecule is O=C(O)C1Cc2cc(-c3cccc(N4CCOCC4)c3)cnc2C1. The Balaban J connectivity index is 1.61. The van der Waals surface area contributed by atoms with Gasteiger partial charge in [0, 0.05) is 42.7 Å². The van der Waals surface area contributed by atoms with Crippen molar-refractivity contribution in [2.24, 2.45) is 5.92 Å². The van der Waals surface area contributed by atoms with Crippen LogP contribution in [-0.2, 0) is 22.4 Å². The second kappa shape index (κ2) is 6.24. The number of carbonyl (C=O) groups is 1. The number of hydrogen-bond donors (Lipinski definition) is 1. The molecule has 0 bridgehead atoms. The number of carboxylic acids is 1. The van der Waals surface area contributed by atoms with E-state index in [0.717, 1.165) is 48.7 Å². The molecule has 1 unspecified atom stereocenters. The van der Waals surface area contributed by atoms with E-state index in [9.17, 15) is 9.90 Å². The first-order valence-corrected chi connectivity index (χ1v) is 8.34. The lowest BCUT2D eigenvalue weighted by atomic mass is 10.0. The molecule has 2 heterocycles. The normalized spacial score (nSPS) is 20.0. The summed E-state index contributed by atoms with van der Waals surface area (Å²) in [5.74, 6) is -1.06. The average Bonchev–Trinajstić information content (AvgIpc) is 3.06. The van der Waals surface area contributed by atoms with E-state index in [-0.39, 0.29) is 5.92 Å². The van der Waals surface area contributed by atoms with Crippen molar-refractivity contribution in [3.63, 3.8) is 0 Å². The van der Waals surface area contributed by atoms with Gasteiger partial charge in [-0.25, -0.2) is 0 Å². The van der Waals surface area contributed by atoms with Crippen molar-refractivity contribution in [3.05, 3.63) is 47.8 Å². The van der Waals surface area contributed by atoms with Crippen LogP contribution in [0.1, 0.15) is 11.3 Å². The van der Waals surface area contributed by atoms with Gasteiger partial charge in [0.2, 0.25) is 0 Å². The number of nitrogens with zero attached hydrogens (tertiary/aromatic N) is 2. The summed E-state index contributed by atoms with van der Waals surface area (Å²) in [7, 11) is 0. The summed E-state index contributed by atoms with van der Waals surface area (Å²) < 4.78 is 5.42. The van der Waals surface area contributed by atoms with Crippen LogP contribution in [0.3, 0.4) is 0 Å². The van der Waals surface area contributed by atoms with Gasteiger partial charge in [-0.05, 0) is 35.7 Å². The third-order valence-electron chi connectivity index (χ3n) is 4.87. The van der Waals surface area contributed by atoms with Crippen LogP contribution in [0, 0.1) is 5.92 Å². The molecule has 0 spiro atoms. The minimum Gasteiger partial charge on any atom is -0.481 e. The first-order chi connectivity index (χ1) is 11.7. The Bertz CT molecular complexity index is 769. The van der Waals surface area contributed by atoms with Gasteiger partial charge in [-0.15, -0.1) is 0 Å². The lowest BCUT2D eigenvalue weighted by molar-refractivity contribution is -0.141. The first-order valence-electron chi connectivity index (χ1n) is 8.34. The van der Waals surface area contributed by atoms with E-state index in [1.165, 1.54) is 5.69 Å². The van der Waals surface area contributed by atoms with Crippen LogP contribution in [0.25, 0.3) is 11.1 Å². The molecule has 1 fully saturated rings. The summed E-state index contributed by atoms with van der Waals surface area (Å²) in [5.41, 5.74) is 5.36. The molecule has 2 aliphatic rings. The van der Waals surface area contributed by atoms with Crippen molar-refractivity contribution in [1.82, 2.24) is 4.98 Å². The quantitative estimate of drug-likeness (QED) is 0.939. The molecule has 5 nitrogen and oxygen atoms in total. The van der Waals surface area contributed by atoms with Crippen LogP contribution >= 0.6 is 0 Å². The van der Waals surface area contributed by atoms with E-state index in [1.807, 2.05) is 6.20 Å². The molecule has 5 heteroatoms. The van der Waals surface area contributed by atoms with Gasteiger partial charge in [-0.1, -0.05) is 12.1 Å². The fraction of sp³-hybridized carbons (Fsp3) is 0.368. The summed E-state index contributed by atoms with van der Waals surface area (Å²) in [6.07, 6.45) is 2.98. The van der Waals surface area contributed by atoms with E-state index in [2.05, 4.69) is 40.2 Å². The number of benzene rings is 1. The molecule has 1 atom stereocenters. The van der Waals surface area contributed by atoms with Crippen LogP contribution in [0.15, 0.2) is 36.5 Å².